The zero-order valence-corrected chi connectivity index (χ0v) is 11.4. The van der Waals surface area contributed by atoms with Crippen LogP contribution < -0.4 is 16.6 Å². The van der Waals surface area contributed by atoms with Crippen LogP contribution in [0.1, 0.15) is 10.4 Å². The largest absolute Gasteiger partial charge is 0.322 e. The Morgan fingerprint density at radius 2 is 1.86 bits per heavy atom. The molecule has 21 heavy (non-hydrogen) atoms. The number of benzene rings is 2. The first-order chi connectivity index (χ1) is 10.0. The SMILES string of the molecule is NNc1ccc(NC(=O)c2ccc(Cl)cc2)cc1[N+](=O)[O-]. The first-order valence-electron chi connectivity index (χ1n) is 5.83. The third-order valence-electron chi connectivity index (χ3n) is 2.71. The number of nitro groups is 1. The Labute approximate surface area is 124 Å². The molecule has 0 saturated carbocycles. The van der Waals surface area contributed by atoms with Gasteiger partial charge in [-0.3, -0.25) is 20.8 Å². The van der Waals surface area contributed by atoms with Gasteiger partial charge in [-0.15, -0.1) is 0 Å². The van der Waals surface area contributed by atoms with E-state index in [1.54, 1.807) is 24.3 Å². The van der Waals surface area contributed by atoms with Gasteiger partial charge in [0.1, 0.15) is 5.69 Å². The molecule has 0 atom stereocenters. The Kier molecular flexibility index (Phi) is 4.36. The minimum atomic E-state index is -0.590. The molecule has 0 aliphatic carbocycles. The van der Waals surface area contributed by atoms with E-state index in [9.17, 15) is 14.9 Å². The Bertz CT molecular complexity index is 688. The van der Waals surface area contributed by atoms with Crippen molar-refractivity contribution in [2.24, 2.45) is 5.84 Å². The van der Waals surface area contributed by atoms with Crippen molar-refractivity contribution in [1.29, 1.82) is 0 Å². The van der Waals surface area contributed by atoms with Gasteiger partial charge in [-0.25, -0.2) is 0 Å². The van der Waals surface area contributed by atoms with Gasteiger partial charge in [0.05, 0.1) is 4.92 Å². The number of carbonyl (C=O) groups is 1. The zero-order chi connectivity index (χ0) is 15.4. The number of rotatable bonds is 4. The predicted molar refractivity (Wildman–Crippen MR) is 80.3 cm³/mol. The third-order valence-corrected chi connectivity index (χ3v) is 2.97. The van der Waals surface area contributed by atoms with E-state index >= 15 is 0 Å². The van der Waals surface area contributed by atoms with Crippen LogP contribution in [0.2, 0.25) is 5.02 Å². The van der Waals surface area contributed by atoms with Gasteiger partial charge in [-0.1, -0.05) is 11.6 Å². The van der Waals surface area contributed by atoms with Crippen molar-refractivity contribution >= 4 is 34.6 Å². The second kappa shape index (κ2) is 6.21. The first kappa shape index (κ1) is 14.8. The van der Waals surface area contributed by atoms with E-state index in [-0.39, 0.29) is 11.4 Å². The van der Waals surface area contributed by atoms with Crippen LogP contribution in [0.5, 0.6) is 0 Å². The van der Waals surface area contributed by atoms with Crippen LogP contribution in [-0.2, 0) is 0 Å². The highest BCUT2D eigenvalue weighted by molar-refractivity contribution is 6.30. The molecule has 8 heteroatoms. The van der Waals surface area contributed by atoms with Crippen molar-refractivity contribution in [2.45, 2.75) is 0 Å². The molecule has 0 spiro atoms. The highest BCUT2D eigenvalue weighted by Gasteiger charge is 2.15. The van der Waals surface area contributed by atoms with Gasteiger partial charge in [-0.2, -0.15) is 0 Å². The number of halogens is 1. The highest BCUT2D eigenvalue weighted by Crippen LogP contribution is 2.27. The molecule has 2 aromatic rings. The Hall–Kier alpha value is -2.64. The number of nitro benzene ring substituents is 1. The van der Waals surface area contributed by atoms with Crippen LogP contribution in [-0.4, -0.2) is 10.8 Å². The number of nitrogens with one attached hydrogen (secondary N) is 2. The number of nitrogen functional groups attached to an aromatic ring is 1. The average Bonchev–Trinajstić information content (AvgIpc) is 2.47. The molecular formula is C13H11ClN4O3. The van der Waals surface area contributed by atoms with E-state index in [1.165, 1.54) is 18.2 Å². The summed E-state index contributed by atoms with van der Waals surface area (Å²) in [4.78, 5) is 22.3. The van der Waals surface area contributed by atoms with E-state index < -0.39 is 10.8 Å². The highest BCUT2D eigenvalue weighted by atomic mass is 35.5. The number of hydrogen-bond acceptors (Lipinski definition) is 5. The number of amides is 1. The molecule has 0 aliphatic rings. The molecule has 1 amide bonds. The lowest BCUT2D eigenvalue weighted by Crippen LogP contribution is -2.13. The van der Waals surface area contributed by atoms with Crippen molar-refractivity contribution in [3.63, 3.8) is 0 Å². The molecule has 0 fully saturated rings. The standard InChI is InChI=1S/C13H11ClN4O3/c14-9-3-1-8(2-4-9)13(19)16-10-5-6-11(17-15)12(7-10)18(20)21/h1-7,17H,15H2,(H,16,19). The molecule has 2 aromatic carbocycles. The monoisotopic (exact) mass is 306 g/mol. The van der Waals surface area contributed by atoms with E-state index in [4.69, 9.17) is 17.4 Å². The van der Waals surface area contributed by atoms with E-state index in [0.29, 0.717) is 16.3 Å². The molecule has 4 N–H and O–H groups in total. The van der Waals surface area contributed by atoms with Crippen molar-refractivity contribution in [3.8, 4) is 0 Å². The Morgan fingerprint density at radius 3 is 2.43 bits per heavy atom. The smallest absolute Gasteiger partial charge is 0.295 e. The summed E-state index contributed by atoms with van der Waals surface area (Å²) in [5, 5.41) is 14.0. The Morgan fingerprint density at radius 1 is 1.19 bits per heavy atom. The maximum Gasteiger partial charge on any atom is 0.295 e. The average molecular weight is 307 g/mol. The second-order valence-electron chi connectivity index (χ2n) is 4.09. The summed E-state index contributed by atoms with van der Waals surface area (Å²) in [6.07, 6.45) is 0. The van der Waals surface area contributed by atoms with Crippen molar-refractivity contribution in [3.05, 3.63) is 63.2 Å². The van der Waals surface area contributed by atoms with Gasteiger partial charge in [0.2, 0.25) is 0 Å². The minimum absolute atomic E-state index is 0.157. The summed E-state index contributed by atoms with van der Waals surface area (Å²) in [7, 11) is 0. The molecule has 0 bridgehead atoms. The van der Waals surface area contributed by atoms with Gasteiger partial charge in [-0.05, 0) is 36.4 Å². The number of hydrogen-bond donors (Lipinski definition) is 3. The summed E-state index contributed by atoms with van der Waals surface area (Å²) in [6, 6.07) is 10.4. The maximum atomic E-state index is 12.0. The molecule has 2 rings (SSSR count). The third kappa shape index (κ3) is 3.47. The summed E-state index contributed by atoms with van der Waals surface area (Å²) >= 11 is 5.74. The van der Waals surface area contributed by atoms with Crippen molar-refractivity contribution in [1.82, 2.24) is 0 Å². The number of anilines is 2. The van der Waals surface area contributed by atoms with Gasteiger partial charge in [0.15, 0.2) is 0 Å². The second-order valence-corrected chi connectivity index (χ2v) is 4.53. The minimum Gasteiger partial charge on any atom is -0.322 e. The lowest BCUT2D eigenvalue weighted by molar-refractivity contribution is -0.383. The number of nitrogens with zero attached hydrogens (tertiary/aromatic N) is 1. The number of nitrogens with two attached hydrogens (primary N) is 1. The van der Waals surface area contributed by atoms with E-state index in [1.807, 2.05) is 0 Å². The zero-order valence-electron chi connectivity index (χ0n) is 10.7. The van der Waals surface area contributed by atoms with Gasteiger partial charge in [0.25, 0.3) is 11.6 Å². The van der Waals surface area contributed by atoms with Crippen LogP contribution in [0.4, 0.5) is 17.1 Å². The number of carbonyl (C=O) groups excluding carboxylic acids is 1. The van der Waals surface area contributed by atoms with Crippen LogP contribution in [0.15, 0.2) is 42.5 Å². The van der Waals surface area contributed by atoms with Crippen LogP contribution in [0.3, 0.4) is 0 Å². The van der Waals surface area contributed by atoms with E-state index in [2.05, 4.69) is 10.7 Å². The fourth-order valence-electron chi connectivity index (χ4n) is 1.69. The maximum absolute atomic E-state index is 12.0. The van der Waals surface area contributed by atoms with Gasteiger partial charge < -0.3 is 10.7 Å². The van der Waals surface area contributed by atoms with Crippen molar-refractivity contribution < 1.29 is 9.72 Å². The first-order valence-corrected chi connectivity index (χ1v) is 6.21. The quantitative estimate of drug-likeness (QED) is 0.457. The lowest BCUT2D eigenvalue weighted by atomic mass is 10.2. The number of hydrazine groups is 1. The van der Waals surface area contributed by atoms with Crippen LogP contribution in [0, 0.1) is 10.1 Å². The lowest BCUT2D eigenvalue weighted by Gasteiger charge is -2.07. The molecule has 0 saturated heterocycles. The summed E-state index contributed by atoms with van der Waals surface area (Å²) < 4.78 is 0. The summed E-state index contributed by atoms with van der Waals surface area (Å²) in [5.41, 5.74) is 2.84. The molecule has 0 unspecified atom stereocenters. The van der Waals surface area contributed by atoms with Gasteiger partial charge in [0, 0.05) is 22.3 Å². The molecule has 7 nitrogen and oxygen atoms in total. The topological polar surface area (TPSA) is 110 Å². The normalized spacial score (nSPS) is 10.0. The molecule has 0 radical (unpaired) electrons. The molecular weight excluding hydrogens is 296 g/mol. The van der Waals surface area contributed by atoms with Crippen LogP contribution >= 0.6 is 11.6 Å². The van der Waals surface area contributed by atoms with Crippen LogP contribution in [0.25, 0.3) is 0 Å². The fraction of sp³-hybridized carbons (Fsp3) is 0. The van der Waals surface area contributed by atoms with Gasteiger partial charge >= 0.3 is 0 Å². The molecule has 0 aliphatic heterocycles. The predicted octanol–water partition coefficient (Wildman–Crippen LogP) is 2.79. The fourth-order valence-corrected chi connectivity index (χ4v) is 1.81. The summed E-state index contributed by atoms with van der Waals surface area (Å²) in [5.74, 6) is 4.80. The Balaban J connectivity index is 2.23. The summed E-state index contributed by atoms with van der Waals surface area (Å²) in [6.45, 7) is 0. The molecule has 0 heterocycles. The van der Waals surface area contributed by atoms with Crippen molar-refractivity contribution in [2.75, 3.05) is 10.7 Å². The van der Waals surface area contributed by atoms with E-state index in [0.717, 1.165) is 0 Å². The molecule has 0 aromatic heterocycles. The molecule has 108 valence electrons.